The number of hydrogen-bond acceptors (Lipinski definition) is 3. The van der Waals surface area contributed by atoms with Crippen molar-refractivity contribution in [2.24, 2.45) is 12.8 Å². The zero-order chi connectivity index (χ0) is 13.1. The first kappa shape index (κ1) is 12.8. The SMILES string of the molecule is CCCC(N)c1ccn(Cc2nnc(C)n2C)c1. The summed E-state index contributed by atoms with van der Waals surface area (Å²) in [5, 5.41) is 8.22. The molecule has 18 heavy (non-hydrogen) atoms. The molecule has 2 aromatic heterocycles. The Kier molecular flexibility index (Phi) is 3.81. The van der Waals surface area contributed by atoms with E-state index in [1.165, 1.54) is 5.56 Å². The van der Waals surface area contributed by atoms with Gasteiger partial charge in [-0.1, -0.05) is 13.3 Å². The average molecular weight is 247 g/mol. The highest BCUT2D eigenvalue weighted by Crippen LogP contribution is 2.16. The van der Waals surface area contributed by atoms with E-state index in [4.69, 9.17) is 5.73 Å². The van der Waals surface area contributed by atoms with Gasteiger partial charge in [0.25, 0.3) is 0 Å². The van der Waals surface area contributed by atoms with Gasteiger partial charge in [-0.15, -0.1) is 10.2 Å². The van der Waals surface area contributed by atoms with E-state index < -0.39 is 0 Å². The molecule has 0 saturated heterocycles. The molecule has 0 bridgehead atoms. The number of rotatable bonds is 5. The van der Waals surface area contributed by atoms with Crippen LogP contribution in [0.3, 0.4) is 0 Å². The Bertz CT molecular complexity index is 511. The molecule has 98 valence electrons. The van der Waals surface area contributed by atoms with E-state index in [-0.39, 0.29) is 6.04 Å². The fourth-order valence-corrected chi connectivity index (χ4v) is 2.01. The Balaban J connectivity index is 2.09. The molecule has 5 heteroatoms. The minimum Gasteiger partial charge on any atom is -0.346 e. The molecular formula is C13H21N5. The highest BCUT2D eigenvalue weighted by atomic mass is 15.3. The van der Waals surface area contributed by atoms with Crippen LogP contribution in [0, 0.1) is 6.92 Å². The molecule has 1 unspecified atom stereocenters. The first-order valence-electron chi connectivity index (χ1n) is 6.38. The molecule has 2 aromatic rings. The Morgan fingerprint density at radius 3 is 2.78 bits per heavy atom. The van der Waals surface area contributed by atoms with Gasteiger partial charge in [-0.3, -0.25) is 0 Å². The van der Waals surface area contributed by atoms with Gasteiger partial charge in [-0.2, -0.15) is 0 Å². The van der Waals surface area contributed by atoms with Crippen LogP contribution in [0.15, 0.2) is 18.5 Å². The number of aryl methyl sites for hydroxylation is 1. The smallest absolute Gasteiger partial charge is 0.152 e. The summed E-state index contributed by atoms with van der Waals surface area (Å²) in [5.41, 5.74) is 7.29. The molecule has 0 saturated carbocycles. The van der Waals surface area contributed by atoms with Crippen molar-refractivity contribution in [3.8, 4) is 0 Å². The molecule has 1 atom stereocenters. The number of nitrogens with zero attached hydrogens (tertiary/aromatic N) is 4. The molecular weight excluding hydrogens is 226 g/mol. The third-order valence-electron chi connectivity index (χ3n) is 3.31. The molecule has 2 rings (SSSR count). The summed E-state index contributed by atoms with van der Waals surface area (Å²) in [5.74, 6) is 1.89. The Labute approximate surface area is 108 Å². The second-order valence-corrected chi connectivity index (χ2v) is 4.73. The van der Waals surface area contributed by atoms with Gasteiger partial charge < -0.3 is 14.9 Å². The Hall–Kier alpha value is -1.62. The van der Waals surface area contributed by atoms with Gasteiger partial charge in [0, 0.05) is 25.5 Å². The minimum absolute atomic E-state index is 0.137. The number of hydrogen-bond donors (Lipinski definition) is 1. The van der Waals surface area contributed by atoms with Gasteiger partial charge in [-0.25, -0.2) is 0 Å². The van der Waals surface area contributed by atoms with Crippen molar-refractivity contribution in [1.29, 1.82) is 0 Å². The van der Waals surface area contributed by atoms with Gasteiger partial charge in [0.2, 0.25) is 0 Å². The largest absolute Gasteiger partial charge is 0.346 e. The number of nitrogens with two attached hydrogens (primary N) is 1. The van der Waals surface area contributed by atoms with Crippen molar-refractivity contribution in [3.05, 3.63) is 35.7 Å². The van der Waals surface area contributed by atoms with Crippen molar-refractivity contribution in [1.82, 2.24) is 19.3 Å². The lowest BCUT2D eigenvalue weighted by Crippen LogP contribution is -2.09. The summed E-state index contributed by atoms with van der Waals surface area (Å²) in [6.07, 6.45) is 6.28. The van der Waals surface area contributed by atoms with Gasteiger partial charge in [0.05, 0.1) is 6.54 Å². The standard InChI is InChI=1S/C13H21N5/c1-4-5-12(14)11-6-7-18(8-11)9-13-16-15-10(2)17(13)3/h6-8,12H,4-5,9,14H2,1-3H3. The van der Waals surface area contributed by atoms with Crippen LogP contribution >= 0.6 is 0 Å². The molecule has 0 fully saturated rings. The van der Waals surface area contributed by atoms with Crippen LogP contribution in [0.25, 0.3) is 0 Å². The van der Waals surface area contributed by atoms with Crippen LogP contribution in [-0.2, 0) is 13.6 Å². The maximum Gasteiger partial charge on any atom is 0.152 e. The van der Waals surface area contributed by atoms with Crippen LogP contribution in [0.5, 0.6) is 0 Å². The van der Waals surface area contributed by atoms with Crippen LogP contribution in [0.2, 0.25) is 0 Å². The third-order valence-corrected chi connectivity index (χ3v) is 3.31. The quantitative estimate of drug-likeness (QED) is 0.876. The zero-order valence-corrected chi connectivity index (χ0v) is 11.3. The number of aromatic nitrogens is 4. The van der Waals surface area contributed by atoms with Gasteiger partial charge in [-0.05, 0) is 25.0 Å². The second-order valence-electron chi connectivity index (χ2n) is 4.73. The molecule has 0 aromatic carbocycles. The maximum atomic E-state index is 6.10. The van der Waals surface area contributed by atoms with E-state index in [2.05, 4.69) is 40.1 Å². The van der Waals surface area contributed by atoms with Crippen molar-refractivity contribution < 1.29 is 0 Å². The second kappa shape index (κ2) is 5.35. The topological polar surface area (TPSA) is 61.7 Å². The fourth-order valence-electron chi connectivity index (χ4n) is 2.01. The summed E-state index contributed by atoms with van der Waals surface area (Å²) in [4.78, 5) is 0. The highest BCUT2D eigenvalue weighted by molar-refractivity contribution is 5.15. The van der Waals surface area contributed by atoms with Gasteiger partial charge in [0.15, 0.2) is 5.82 Å². The summed E-state index contributed by atoms with van der Waals surface area (Å²) in [6, 6.07) is 2.22. The van der Waals surface area contributed by atoms with Crippen molar-refractivity contribution in [2.45, 2.75) is 39.3 Å². The van der Waals surface area contributed by atoms with E-state index in [0.717, 1.165) is 31.0 Å². The summed E-state index contributed by atoms with van der Waals surface area (Å²) < 4.78 is 4.11. The lowest BCUT2D eigenvalue weighted by atomic mass is 10.1. The van der Waals surface area contributed by atoms with Gasteiger partial charge in [0.1, 0.15) is 5.82 Å². The van der Waals surface area contributed by atoms with Crippen molar-refractivity contribution >= 4 is 0 Å². The van der Waals surface area contributed by atoms with E-state index in [9.17, 15) is 0 Å². The summed E-state index contributed by atoms with van der Waals surface area (Å²) in [7, 11) is 1.98. The molecule has 0 spiro atoms. The zero-order valence-electron chi connectivity index (χ0n) is 11.3. The average Bonchev–Trinajstić information content (AvgIpc) is 2.92. The predicted octanol–water partition coefficient (Wildman–Crippen LogP) is 1.77. The highest BCUT2D eigenvalue weighted by Gasteiger charge is 2.09. The van der Waals surface area contributed by atoms with E-state index >= 15 is 0 Å². The summed E-state index contributed by atoms with van der Waals surface area (Å²) in [6.45, 7) is 4.84. The Morgan fingerprint density at radius 1 is 1.39 bits per heavy atom. The maximum absolute atomic E-state index is 6.10. The van der Waals surface area contributed by atoms with Gasteiger partial charge >= 0.3 is 0 Å². The minimum atomic E-state index is 0.137. The predicted molar refractivity (Wildman–Crippen MR) is 71.1 cm³/mol. The molecule has 2 heterocycles. The molecule has 0 aliphatic heterocycles. The molecule has 2 N–H and O–H groups in total. The normalized spacial score (nSPS) is 12.9. The fraction of sp³-hybridized carbons (Fsp3) is 0.538. The van der Waals surface area contributed by atoms with E-state index in [1.807, 2.05) is 18.5 Å². The first-order chi connectivity index (χ1) is 8.61. The lowest BCUT2D eigenvalue weighted by Gasteiger charge is -2.07. The van der Waals surface area contributed by atoms with Crippen LogP contribution in [0.1, 0.15) is 43.0 Å². The van der Waals surface area contributed by atoms with E-state index in [0.29, 0.717) is 0 Å². The van der Waals surface area contributed by atoms with Crippen LogP contribution in [0.4, 0.5) is 0 Å². The van der Waals surface area contributed by atoms with Crippen molar-refractivity contribution in [2.75, 3.05) is 0 Å². The van der Waals surface area contributed by atoms with Crippen molar-refractivity contribution in [3.63, 3.8) is 0 Å². The van der Waals surface area contributed by atoms with Crippen LogP contribution in [-0.4, -0.2) is 19.3 Å². The Morgan fingerprint density at radius 2 is 2.17 bits per heavy atom. The summed E-state index contributed by atoms with van der Waals surface area (Å²) >= 11 is 0. The van der Waals surface area contributed by atoms with Crippen LogP contribution < -0.4 is 5.73 Å². The third kappa shape index (κ3) is 2.61. The monoisotopic (exact) mass is 247 g/mol. The molecule has 0 radical (unpaired) electrons. The van der Waals surface area contributed by atoms with E-state index in [1.54, 1.807) is 0 Å². The molecule has 0 aliphatic rings. The first-order valence-corrected chi connectivity index (χ1v) is 6.38. The lowest BCUT2D eigenvalue weighted by molar-refractivity contribution is 0.633. The molecule has 0 aliphatic carbocycles. The molecule has 5 nitrogen and oxygen atoms in total. The molecule has 0 amide bonds.